The van der Waals surface area contributed by atoms with E-state index < -0.39 is 24.0 Å². The zero-order valence-corrected chi connectivity index (χ0v) is 18.1. The molecule has 0 aliphatic heterocycles. The minimum atomic E-state index is -1.48. The van der Waals surface area contributed by atoms with Crippen LogP contribution in [0.25, 0.3) is 0 Å². The van der Waals surface area contributed by atoms with Crippen LogP contribution in [0.3, 0.4) is 0 Å². The van der Waals surface area contributed by atoms with Crippen LogP contribution in [-0.4, -0.2) is 69.8 Å². The van der Waals surface area contributed by atoms with E-state index in [1.54, 1.807) is 0 Å². The Balaban J connectivity index is 4.16. The topological polar surface area (TPSA) is 127 Å². The van der Waals surface area contributed by atoms with Gasteiger partial charge in [0.2, 0.25) is 5.91 Å². The van der Waals surface area contributed by atoms with Gasteiger partial charge in [0.05, 0.1) is 13.2 Å². The first-order chi connectivity index (χ1) is 13.8. The van der Waals surface area contributed by atoms with Gasteiger partial charge in [0.25, 0.3) is 0 Å². The number of carbonyl (C=O) groups is 3. The van der Waals surface area contributed by atoms with Gasteiger partial charge in [-0.15, -0.1) is 0 Å². The Morgan fingerprint density at radius 1 is 0.931 bits per heavy atom. The number of β-amino-alcohol motifs (C(OH)–C–C–N with tert-alkyl or cyclic N) is 1. The highest BCUT2D eigenvalue weighted by Gasteiger charge is 2.39. The molecule has 0 radical (unpaired) electrons. The highest BCUT2D eigenvalue weighted by atomic mass is 16.4. The van der Waals surface area contributed by atoms with E-state index in [9.17, 15) is 19.5 Å². The quantitative estimate of drug-likeness (QED) is 0.238. The van der Waals surface area contributed by atoms with Crippen molar-refractivity contribution >= 4 is 17.8 Å². The number of nitrogens with zero attached hydrogens (tertiary/aromatic N) is 1. The molecule has 8 nitrogen and oxygen atoms in total. The summed E-state index contributed by atoms with van der Waals surface area (Å²) in [6.07, 6.45) is 11.0. The van der Waals surface area contributed by atoms with Crippen LogP contribution in [0.15, 0.2) is 0 Å². The molecule has 0 saturated heterocycles. The molecule has 4 N–H and O–H groups in total. The normalized spacial score (nSPS) is 13.2. The lowest BCUT2D eigenvalue weighted by Crippen LogP contribution is -2.56. The maximum Gasteiger partial charge on any atom is 0.323 e. The molecular formula is C21H40N2O6. The number of nitrogens with one attached hydrogen (secondary N) is 1. The van der Waals surface area contributed by atoms with E-state index in [0.29, 0.717) is 6.42 Å². The lowest BCUT2D eigenvalue weighted by molar-refractivity contribution is -0.154. The first kappa shape index (κ1) is 27.3. The molecule has 0 aliphatic rings. The smallest absolute Gasteiger partial charge is 0.323 e. The van der Waals surface area contributed by atoms with Gasteiger partial charge < -0.3 is 20.6 Å². The van der Waals surface area contributed by atoms with Crippen LogP contribution in [0, 0.1) is 0 Å². The number of hydrogen-bond acceptors (Lipinski definition) is 5. The van der Waals surface area contributed by atoms with Crippen LogP contribution in [0.2, 0.25) is 0 Å². The third-order valence-corrected chi connectivity index (χ3v) is 5.30. The summed E-state index contributed by atoms with van der Waals surface area (Å²) in [5.74, 6) is -2.46. The number of aliphatic hydroxyl groups excluding tert-OH is 1. The molecule has 170 valence electrons. The summed E-state index contributed by atoms with van der Waals surface area (Å²) in [5.41, 5.74) is -1.48. The van der Waals surface area contributed by atoms with Gasteiger partial charge in [-0.3, -0.25) is 19.3 Å². The average Bonchev–Trinajstić information content (AvgIpc) is 2.65. The molecule has 0 rings (SSSR count). The molecule has 0 bridgehead atoms. The van der Waals surface area contributed by atoms with Gasteiger partial charge in [0, 0.05) is 19.5 Å². The average molecular weight is 417 g/mol. The summed E-state index contributed by atoms with van der Waals surface area (Å²) in [6, 6.07) is 0. The molecule has 0 spiro atoms. The number of carboxylic acid groups (broad SMARTS) is 2. The number of carbonyl (C=O) groups excluding carboxylic acids is 1. The van der Waals surface area contributed by atoms with Gasteiger partial charge in [0.15, 0.2) is 0 Å². The van der Waals surface area contributed by atoms with Crippen molar-refractivity contribution in [2.75, 3.05) is 26.2 Å². The highest BCUT2D eigenvalue weighted by molar-refractivity contribution is 5.80. The number of amides is 1. The molecule has 1 unspecified atom stereocenters. The predicted molar refractivity (Wildman–Crippen MR) is 112 cm³/mol. The summed E-state index contributed by atoms with van der Waals surface area (Å²) in [7, 11) is 0. The molecule has 0 aliphatic carbocycles. The molecule has 1 amide bonds. The van der Waals surface area contributed by atoms with Crippen LogP contribution in [-0.2, 0) is 14.4 Å². The van der Waals surface area contributed by atoms with Gasteiger partial charge in [-0.2, -0.15) is 0 Å². The zero-order chi connectivity index (χ0) is 22.1. The fourth-order valence-corrected chi connectivity index (χ4v) is 3.31. The molecule has 29 heavy (non-hydrogen) atoms. The Kier molecular flexibility index (Phi) is 15.2. The maximum absolute atomic E-state index is 12.0. The lowest BCUT2D eigenvalue weighted by atomic mass is 9.95. The first-order valence-corrected chi connectivity index (χ1v) is 10.9. The summed E-state index contributed by atoms with van der Waals surface area (Å²) in [5, 5.41) is 30.4. The zero-order valence-electron chi connectivity index (χ0n) is 18.1. The highest BCUT2D eigenvalue weighted by Crippen LogP contribution is 2.19. The second-order valence-corrected chi connectivity index (χ2v) is 7.80. The summed E-state index contributed by atoms with van der Waals surface area (Å²) in [4.78, 5) is 35.9. The van der Waals surface area contributed by atoms with E-state index in [1.807, 2.05) is 0 Å². The molecular weight excluding hydrogens is 376 g/mol. The number of aliphatic hydroxyl groups is 1. The Labute approximate surface area is 174 Å². The number of rotatable bonds is 19. The van der Waals surface area contributed by atoms with Crippen molar-refractivity contribution in [2.45, 2.75) is 90.0 Å². The lowest BCUT2D eigenvalue weighted by Gasteiger charge is -2.36. The van der Waals surface area contributed by atoms with Crippen LogP contribution in [0.1, 0.15) is 84.5 Å². The predicted octanol–water partition coefficient (Wildman–Crippen LogP) is 2.64. The molecule has 0 heterocycles. The Morgan fingerprint density at radius 3 is 1.97 bits per heavy atom. The molecule has 0 aromatic carbocycles. The summed E-state index contributed by atoms with van der Waals surface area (Å²) in [6.45, 7) is 2.86. The molecule has 1 atom stereocenters. The van der Waals surface area contributed by atoms with E-state index in [2.05, 4.69) is 12.2 Å². The Hall–Kier alpha value is -1.67. The van der Waals surface area contributed by atoms with Crippen LogP contribution < -0.4 is 5.32 Å². The van der Waals surface area contributed by atoms with Crippen molar-refractivity contribution in [3.8, 4) is 0 Å². The van der Waals surface area contributed by atoms with E-state index in [4.69, 9.17) is 10.2 Å². The van der Waals surface area contributed by atoms with Crippen molar-refractivity contribution in [3.05, 3.63) is 0 Å². The molecule has 0 fully saturated rings. The van der Waals surface area contributed by atoms with Crippen molar-refractivity contribution in [2.24, 2.45) is 0 Å². The first-order valence-electron chi connectivity index (χ1n) is 10.9. The molecule has 0 aromatic heterocycles. The van der Waals surface area contributed by atoms with Crippen LogP contribution >= 0.6 is 0 Å². The minimum Gasteiger partial charge on any atom is -0.480 e. The maximum atomic E-state index is 12.0. The monoisotopic (exact) mass is 416 g/mol. The van der Waals surface area contributed by atoms with Gasteiger partial charge in [-0.25, -0.2) is 0 Å². The van der Waals surface area contributed by atoms with Gasteiger partial charge in [-0.05, 0) is 19.8 Å². The van der Waals surface area contributed by atoms with E-state index in [1.165, 1.54) is 50.3 Å². The van der Waals surface area contributed by atoms with Crippen LogP contribution in [0.5, 0.6) is 0 Å². The fourth-order valence-electron chi connectivity index (χ4n) is 3.31. The molecule has 0 saturated carbocycles. The Bertz CT molecular complexity index is 486. The van der Waals surface area contributed by atoms with Crippen molar-refractivity contribution in [1.29, 1.82) is 0 Å². The molecule has 0 aromatic rings. The van der Waals surface area contributed by atoms with Gasteiger partial charge >= 0.3 is 11.9 Å². The third kappa shape index (κ3) is 12.5. The number of carboxylic acids is 2. The van der Waals surface area contributed by atoms with Crippen molar-refractivity contribution in [3.63, 3.8) is 0 Å². The van der Waals surface area contributed by atoms with Crippen molar-refractivity contribution in [1.82, 2.24) is 10.2 Å². The standard InChI is InChI=1S/C21H40N2O6/c1-3-4-5-6-7-8-9-10-11-12-18(25)22-14-13-21(2,20(28)29)23(15-16-24)17-19(26)27/h24H,3-17H2,1-2H3,(H,22,25)(H,26,27)(H,28,29). The summed E-state index contributed by atoms with van der Waals surface area (Å²) < 4.78 is 0. The van der Waals surface area contributed by atoms with E-state index in [-0.39, 0.29) is 32.0 Å². The molecule has 8 heteroatoms. The SMILES string of the molecule is CCCCCCCCCCCC(=O)NCCC(C)(C(=O)O)N(CCO)CC(=O)O. The van der Waals surface area contributed by atoms with Crippen LogP contribution in [0.4, 0.5) is 0 Å². The number of unbranched alkanes of at least 4 members (excludes halogenated alkanes) is 8. The van der Waals surface area contributed by atoms with E-state index >= 15 is 0 Å². The second-order valence-electron chi connectivity index (χ2n) is 7.80. The third-order valence-electron chi connectivity index (χ3n) is 5.30. The largest absolute Gasteiger partial charge is 0.480 e. The van der Waals surface area contributed by atoms with E-state index in [0.717, 1.165) is 19.3 Å². The fraction of sp³-hybridized carbons (Fsp3) is 0.857. The summed E-state index contributed by atoms with van der Waals surface area (Å²) >= 11 is 0. The minimum absolute atomic E-state index is 0.0547. The number of aliphatic carboxylic acids is 2. The Morgan fingerprint density at radius 2 is 1.48 bits per heavy atom. The van der Waals surface area contributed by atoms with Gasteiger partial charge in [-0.1, -0.05) is 58.3 Å². The number of hydrogen-bond donors (Lipinski definition) is 4. The van der Waals surface area contributed by atoms with Crippen molar-refractivity contribution < 1.29 is 29.7 Å². The second kappa shape index (κ2) is 16.2. The van der Waals surface area contributed by atoms with Gasteiger partial charge in [0.1, 0.15) is 5.54 Å².